The summed E-state index contributed by atoms with van der Waals surface area (Å²) in [4.78, 5) is 2.77. The summed E-state index contributed by atoms with van der Waals surface area (Å²) in [6, 6.07) is 12.6. The monoisotopic (exact) mass is 499 g/mol. The van der Waals surface area contributed by atoms with Gasteiger partial charge in [0.15, 0.2) is 11.5 Å². The highest BCUT2D eigenvalue weighted by atomic mass is 16.6. The molecule has 7 aliphatic rings. The summed E-state index contributed by atoms with van der Waals surface area (Å²) < 4.78 is 13.5. The molecule has 7 atom stereocenters. The molecule has 0 unspecified atom stereocenters. The van der Waals surface area contributed by atoms with Gasteiger partial charge < -0.3 is 19.7 Å². The number of aliphatic hydroxyl groups is 1. The van der Waals surface area contributed by atoms with Crippen LogP contribution in [-0.4, -0.2) is 53.1 Å². The minimum absolute atomic E-state index is 0.197. The first-order chi connectivity index (χ1) is 17.8. The second kappa shape index (κ2) is 6.99. The Balaban J connectivity index is 1.37. The zero-order valence-electron chi connectivity index (χ0n) is 22.0. The average Bonchev–Trinajstić information content (AvgIpc) is 3.64. The zero-order chi connectivity index (χ0) is 25.4. The van der Waals surface area contributed by atoms with Crippen LogP contribution >= 0.6 is 0 Å². The number of aryl methyl sites for hydroxylation is 1. The molecule has 37 heavy (non-hydrogen) atoms. The molecule has 2 aliphatic heterocycles. The van der Waals surface area contributed by atoms with Gasteiger partial charge in [-0.3, -0.25) is 4.90 Å². The van der Waals surface area contributed by atoms with E-state index in [0.717, 1.165) is 43.8 Å². The predicted octanol–water partition coefficient (Wildman–Crippen LogP) is 4.82. The molecule has 5 nitrogen and oxygen atoms in total. The molecule has 2 aromatic carbocycles. The summed E-state index contributed by atoms with van der Waals surface area (Å²) in [6.45, 7) is 6.49. The number of hydrogen-bond acceptors (Lipinski definition) is 5. The molecule has 4 bridgehead atoms. The Hall–Kier alpha value is -2.34. The Labute approximate surface area is 219 Å². The summed E-state index contributed by atoms with van der Waals surface area (Å²) in [5, 5.41) is 23.2. The number of phenolic OH excluding ortho intramolecular Hbond substituents is 1. The fourth-order valence-corrected chi connectivity index (χ4v) is 9.65. The maximum Gasteiger partial charge on any atom is 0.165 e. The van der Waals surface area contributed by atoms with Crippen LogP contribution in [0.3, 0.4) is 0 Å². The van der Waals surface area contributed by atoms with Crippen LogP contribution in [0.4, 0.5) is 0 Å². The SMILES string of the molecule is CO[C@]12C=C[C@@]3(C[C@]1(C)[C@@H](O)c1ccc(C)cc1)[C@H]1Cc4ccc(O)c5c4[C@@]3(CCN1CC1CC1)[C@H]2O5. The van der Waals surface area contributed by atoms with E-state index in [9.17, 15) is 10.2 Å². The van der Waals surface area contributed by atoms with Crippen molar-refractivity contribution in [2.45, 2.75) is 75.2 Å². The lowest BCUT2D eigenvalue weighted by atomic mass is 9.33. The highest BCUT2D eigenvalue weighted by molar-refractivity contribution is 5.65. The number of fused-ring (bicyclic) bond motifs is 1. The summed E-state index contributed by atoms with van der Waals surface area (Å²) in [5.74, 6) is 1.69. The molecule has 1 saturated heterocycles. The van der Waals surface area contributed by atoms with Gasteiger partial charge in [-0.2, -0.15) is 0 Å². The number of aromatic hydroxyl groups is 1. The van der Waals surface area contributed by atoms with Gasteiger partial charge in [-0.1, -0.05) is 55.0 Å². The van der Waals surface area contributed by atoms with E-state index < -0.39 is 17.1 Å². The van der Waals surface area contributed by atoms with Gasteiger partial charge in [0.25, 0.3) is 0 Å². The molecule has 2 aromatic rings. The van der Waals surface area contributed by atoms with Crippen LogP contribution in [0.1, 0.15) is 61.0 Å². The number of methoxy groups -OCH3 is 1. The van der Waals surface area contributed by atoms with Crippen molar-refractivity contribution in [1.82, 2.24) is 4.90 Å². The summed E-state index contributed by atoms with van der Waals surface area (Å²) in [5.41, 5.74) is 2.73. The number of benzene rings is 2. The van der Waals surface area contributed by atoms with Crippen molar-refractivity contribution in [1.29, 1.82) is 0 Å². The molecular weight excluding hydrogens is 462 g/mol. The largest absolute Gasteiger partial charge is 0.504 e. The van der Waals surface area contributed by atoms with Crippen molar-refractivity contribution in [3.8, 4) is 11.5 Å². The number of piperidine rings is 1. The first-order valence-corrected chi connectivity index (χ1v) is 14.1. The van der Waals surface area contributed by atoms with E-state index in [1.54, 1.807) is 7.11 Å². The Morgan fingerprint density at radius 1 is 1.14 bits per heavy atom. The van der Waals surface area contributed by atoms with Gasteiger partial charge in [0, 0.05) is 36.1 Å². The van der Waals surface area contributed by atoms with Crippen LogP contribution in [0, 0.1) is 23.7 Å². The number of nitrogens with zero attached hydrogens (tertiary/aromatic N) is 1. The minimum atomic E-state index is -0.831. The third-order valence-electron chi connectivity index (χ3n) is 11.5. The highest BCUT2D eigenvalue weighted by Gasteiger charge is 2.82. The molecule has 2 heterocycles. The van der Waals surface area contributed by atoms with E-state index in [-0.39, 0.29) is 22.7 Å². The predicted molar refractivity (Wildman–Crippen MR) is 141 cm³/mol. The topological polar surface area (TPSA) is 62.2 Å². The molecule has 0 amide bonds. The Morgan fingerprint density at radius 3 is 2.65 bits per heavy atom. The van der Waals surface area contributed by atoms with Crippen molar-refractivity contribution in [2.75, 3.05) is 20.2 Å². The first-order valence-electron chi connectivity index (χ1n) is 14.1. The van der Waals surface area contributed by atoms with Gasteiger partial charge in [0.05, 0.1) is 11.5 Å². The fourth-order valence-electron chi connectivity index (χ4n) is 9.65. The molecule has 2 saturated carbocycles. The van der Waals surface area contributed by atoms with Crippen LogP contribution < -0.4 is 4.74 Å². The molecular formula is C32H37NO4. The van der Waals surface area contributed by atoms with E-state index in [1.807, 2.05) is 6.07 Å². The van der Waals surface area contributed by atoms with Gasteiger partial charge in [0.2, 0.25) is 0 Å². The van der Waals surface area contributed by atoms with Gasteiger partial charge >= 0.3 is 0 Å². The molecule has 0 radical (unpaired) electrons. The van der Waals surface area contributed by atoms with Crippen molar-refractivity contribution < 1.29 is 19.7 Å². The third-order valence-corrected chi connectivity index (χ3v) is 11.5. The van der Waals surface area contributed by atoms with Gasteiger partial charge in [-0.15, -0.1) is 0 Å². The van der Waals surface area contributed by atoms with Crippen molar-refractivity contribution in [3.63, 3.8) is 0 Å². The number of rotatable bonds is 5. The number of likely N-dealkylation sites (tertiary alicyclic amines) is 1. The van der Waals surface area contributed by atoms with E-state index in [4.69, 9.17) is 9.47 Å². The van der Waals surface area contributed by atoms with Crippen LogP contribution in [0.15, 0.2) is 48.6 Å². The lowest BCUT2D eigenvalue weighted by molar-refractivity contribution is -0.270. The smallest absolute Gasteiger partial charge is 0.165 e. The van der Waals surface area contributed by atoms with Crippen LogP contribution in [0.5, 0.6) is 11.5 Å². The Kier molecular flexibility index (Phi) is 4.28. The first kappa shape index (κ1) is 22.6. The molecule has 2 N–H and O–H groups in total. The molecule has 9 rings (SSSR count). The van der Waals surface area contributed by atoms with Gasteiger partial charge in [0.1, 0.15) is 11.7 Å². The van der Waals surface area contributed by atoms with Gasteiger partial charge in [-0.25, -0.2) is 0 Å². The van der Waals surface area contributed by atoms with Gasteiger partial charge in [-0.05, 0) is 68.7 Å². The lowest BCUT2D eigenvalue weighted by Crippen LogP contribution is -2.81. The highest BCUT2D eigenvalue weighted by Crippen LogP contribution is 2.78. The maximum absolute atomic E-state index is 12.2. The Bertz CT molecular complexity index is 1330. The second-order valence-electron chi connectivity index (χ2n) is 13.1. The molecule has 0 aromatic heterocycles. The molecule has 5 heteroatoms. The molecule has 194 valence electrons. The number of phenols is 1. The third kappa shape index (κ3) is 2.44. The standard InChI is InChI=1S/C32H37NO4/c1-19-4-8-21(9-5-19)27(35)29(2)18-30-12-13-32(29,36-3)28-31(30)14-15-33(17-20-6-7-20)24(30)16-22-10-11-23(34)26(37-28)25(22)31/h4-5,8-13,20,24,27-28,34-35H,6-7,14-18H2,1-3H3/t24-,27+,28-,29-,30-,31+,32+/m1/s1. The molecule has 2 spiro atoms. The van der Waals surface area contributed by atoms with E-state index in [1.165, 1.54) is 29.5 Å². The van der Waals surface area contributed by atoms with Crippen LogP contribution in [0.25, 0.3) is 0 Å². The number of ether oxygens (including phenoxy) is 2. The van der Waals surface area contributed by atoms with E-state index in [2.05, 4.69) is 61.2 Å². The van der Waals surface area contributed by atoms with E-state index >= 15 is 0 Å². The summed E-state index contributed by atoms with van der Waals surface area (Å²) in [7, 11) is 1.77. The van der Waals surface area contributed by atoms with E-state index in [0.29, 0.717) is 11.8 Å². The number of aliphatic hydroxyl groups excluding tert-OH is 1. The average molecular weight is 500 g/mol. The zero-order valence-corrected chi connectivity index (χ0v) is 22.0. The van der Waals surface area contributed by atoms with Crippen molar-refractivity contribution in [3.05, 3.63) is 70.8 Å². The number of hydrogen-bond donors (Lipinski definition) is 2. The normalized spacial score (nSPS) is 41.4. The van der Waals surface area contributed by atoms with Crippen LogP contribution in [0.2, 0.25) is 0 Å². The van der Waals surface area contributed by atoms with Crippen molar-refractivity contribution in [2.24, 2.45) is 16.7 Å². The molecule has 5 aliphatic carbocycles. The molecule has 3 fully saturated rings. The lowest BCUT2D eigenvalue weighted by Gasteiger charge is -2.74. The van der Waals surface area contributed by atoms with Crippen molar-refractivity contribution >= 4 is 0 Å². The minimum Gasteiger partial charge on any atom is -0.504 e. The fraction of sp³-hybridized carbons (Fsp3) is 0.562. The van der Waals surface area contributed by atoms with Crippen LogP contribution in [-0.2, 0) is 16.6 Å². The maximum atomic E-state index is 12.2. The quantitative estimate of drug-likeness (QED) is 0.578. The summed E-state index contributed by atoms with van der Waals surface area (Å²) >= 11 is 0. The summed E-state index contributed by atoms with van der Waals surface area (Å²) in [6.07, 6.45) is 9.13. The Morgan fingerprint density at radius 2 is 1.92 bits per heavy atom. The second-order valence-corrected chi connectivity index (χ2v) is 13.1.